The molecule has 0 aliphatic rings. The molecule has 0 aliphatic carbocycles. The Labute approximate surface area is 86.4 Å². The third-order valence-electron chi connectivity index (χ3n) is 1.16. The molecule has 0 amide bonds. The van der Waals surface area contributed by atoms with Crippen molar-refractivity contribution in [2.45, 2.75) is 6.42 Å². The maximum absolute atomic E-state index is 10.7. The molecule has 0 spiro atoms. The zero-order chi connectivity index (χ0) is 11.9. The molecule has 0 unspecified atom stereocenters. The second-order valence-electron chi connectivity index (χ2n) is 2.26. The molecule has 0 radical (unpaired) electrons. The van der Waals surface area contributed by atoms with Crippen molar-refractivity contribution in [3.05, 3.63) is 0 Å². The fraction of sp³-hybridized carbons (Fsp3) is 0.600. The van der Waals surface area contributed by atoms with Gasteiger partial charge in [0.15, 0.2) is 0 Å². The van der Waals surface area contributed by atoms with E-state index in [0.717, 1.165) is 0 Å². The van der Waals surface area contributed by atoms with Crippen LogP contribution in [0.3, 0.4) is 0 Å². The summed E-state index contributed by atoms with van der Waals surface area (Å²) in [7, 11) is -8.09. The van der Waals surface area contributed by atoms with Crippen molar-refractivity contribution < 1.29 is 34.8 Å². The third-order valence-corrected chi connectivity index (χ3v) is 3.48. The molecular weight excluding hydrogens is 252 g/mol. The van der Waals surface area contributed by atoms with E-state index in [4.69, 9.17) is 0 Å². The van der Waals surface area contributed by atoms with Gasteiger partial charge in [0.1, 0.15) is 0 Å². The highest BCUT2D eigenvalue weighted by Crippen LogP contribution is 1.99. The average molecular weight is 260 g/mol. The molecule has 0 aromatic rings. The molecule has 0 aliphatic heterocycles. The lowest BCUT2D eigenvalue weighted by Gasteiger charge is -2.01. The summed E-state index contributed by atoms with van der Waals surface area (Å²) in [6.45, 7) is -0.544. The van der Waals surface area contributed by atoms with Crippen molar-refractivity contribution in [1.82, 2.24) is 0 Å². The number of hydrogen-bond acceptors (Lipinski definition) is 8. The molecule has 0 heterocycles. The first kappa shape index (κ1) is 13.8. The second-order valence-corrected chi connectivity index (χ2v) is 5.69. The van der Waals surface area contributed by atoms with Gasteiger partial charge in [0, 0.05) is 0 Å². The normalized spacial score (nSPS) is 11.7. The predicted molar refractivity (Wildman–Crippen MR) is 46.5 cm³/mol. The number of carbonyl (C=O) groups excluding carboxylic acids is 2. The molecule has 10 heteroatoms. The molecule has 0 saturated carbocycles. The highest BCUT2D eigenvalue weighted by atomic mass is 32.2. The van der Waals surface area contributed by atoms with E-state index in [0.29, 0.717) is 0 Å². The number of rotatable bonds is 8. The number of hydrogen-bond donors (Lipinski definition) is 0. The summed E-state index contributed by atoms with van der Waals surface area (Å²) in [5.41, 5.74) is 0. The Bertz CT molecular complexity index is 364. The van der Waals surface area contributed by atoms with Crippen LogP contribution >= 0.6 is 0 Å². The van der Waals surface area contributed by atoms with E-state index < -0.39 is 31.7 Å². The van der Waals surface area contributed by atoms with Crippen LogP contribution in [0.25, 0.3) is 0 Å². The van der Waals surface area contributed by atoms with Gasteiger partial charge in [0.2, 0.25) is 0 Å². The summed E-state index contributed by atoms with van der Waals surface area (Å²) >= 11 is 0. The van der Waals surface area contributed by atoms with Gasteiger partial charge in [-0.3, -0.25) is 9.59 Å². The summed E-state index contributed by atoms with van der Waals surface area (Å²) in [5.74, 6) is -1.32. The zero-order valence-electron chi connectivity index (χ0n) is 7.36. The van der Waals surface area contributed by atoms with Crippen molar-refractivity contribution >= 4 is 33.2 Å². The van der Waals surface area contributed by atoms with Crippen LogP contribution in [0.2, 0.25) is 0 Å². The molecule has 0 aromatic heterocycles. The summed E-state index contributed by atoms with van der Waals surface area (Å²) in [6, 6.07) is 0. The fourth-order valence-electron chi connectivity index (χ4n) is 0.628. The SMILES string of the molecule is O=COS(=O)(=O)CCCS(=O)(=O)OC=O. The van der Waals surface area contributed by atoms with E-state index in [-0.39, 0.29) is 19.4 Å². The van der Waals surface area contributed by atoms with Gasteiger partial charge in [-0.25, -0.2) is 0 Å². The molecule has 8 nitrogen and oxygen atoms in total. The van der Waals surface area contributed by atoms with E-state index >= 15 is 0 Å². The van der Waals surface area contributed by atoms with Gasteiger partial charge >= 0.3 is 33.2 Å². The van der Waals surface area contributed by atoms with Gasteiger partial charge in [-0.15, -0.1) is 0 Å². The van der Waals surface area contributed by atoms with Gasteiger partial charge in [0.05, 0.1) is 11.5 Å². The van der Waals surface area contributed by atoms with Gasteiger partial charge in [0.25, 0.3) is 0 Å². The highest BCUT2D eigenvalue weighted by molar-refractivity contribution is 7.88. The van der Waals surface area contributed by atoms with Crippen LogP contribution in [-0.2, 0) is 38.2 Å². The quantitative estimate of drug-likeness (QED) is 0.377. The molecule has 88 valence electrons. The van der Waals surface area contributed by atoms with Gasteiger partial charge < -0.3 is 8.37 Å². The molecule has 0 N–H and O–H groups in total. The van der Waals surface area contributed by atoms with E-state index in [1.807, 2.05) is 0 Å². The molecule has 0 saturated heterocycles. The Morgan fingerprint density at radius 3 is 1.40 bits per heavy atom. The van der Waals surface area contributed by atoms with E-state index in [9.17, 15) is 26.4 Å². The maximum Gasteiger partial charge on any atom is 0.311 e. The number of carbonyl (C=O) groups is 2. The van der Waals surface area contributed by atoms with Crippen LogP contribution in [0.15, 0.2) is 0 Å². The van der Waals surface area contributed by atoms with Crippen LogP contribution in [0.1, 0.15) is 6.42 Å². The summed E-state index contributed by atoms with van der Waals surface area (Å²) < 4.78 is 50.2. The minimum Gasteiger partial charge on any atom is -0.349 e. The largest absolute Gasteiger partial charge is 0.349 e. The first-order valence-corrected chi connectivity index (χ1v) is 6.67. The standard InChI is InChI=1S/C5H8O8S2/c6-4-12-14(8,9)2-1-3-15(10,11)13-5-7/h4-5H,1-3H2. The lowest BCUT2D eigenvalue weighted by molar-refractivity contribution is -0.121. The molecule has 0 rings (SSSR count). The van der Waals surface area contributed by atoms with E-state index in [2.05, 4.69) is 8.37 Å². The van der Waals surface area contributed by atoms with Crippen molar-refractivity contribution in [3.63, 3.8) is 0 Å². The van der Waals surface area contributed by atoms with Crippen LogP contribution in [0.5, 0.6) is 0 Å². The Morgan fingerprint density at radius 2 is 1.13 bits per heavy atom. The monoisotopic (exact) mass is 260 g/mol. The van der Waals surface area contributed by atoms with Crippen molar-refractivity contribution in [2.24, 2.45) is 0 Å². The molecule has 0 bridgehead atoms. The average Bonchev–Trinajstić information content (AvgIpc) is 2.02. The van der Waals surface area contributed by atoms with E-state index in [1.54, 1.807) is 0 Å². The van der Waals surface area contributed by atoms with Crippen LogP contribution in [0, 0.1) is 0 Å². The van der Waals surface area contributed by atoms with Crippen molar-refractivity contribution in [2.75, 3.05) is 11.5 Å². The molecule has 0 fully saturated rings. The molecule has 15 heavy (non-hydrogen) atoms. The molecular formula is C5H8O8S2. The first-order chi connectivity index (χ1) is 6.83. The maximum atomic E-state index is 10.7. The lowest BCUT2D eigenvalue weighted by Crippen LogP contribution is -2.15. The highest BCUT2D eigenvalue weighted by Gasteiger charge is 2.16. The smallest absolute Gasteiger partial charge is 0.311 e. The summed E-state index contributed by atoms with van der Waals surface area (Å²) in [6.07, 6.45) is -0.341. The fourth-order valence-corrected chi connectivity index (χ4v) is 2.24. The van der Waals surface area contributed by atoms with Gasteiger partial charge in [-0.05, 0) is 6.42 Å². The van der Waals surface area contributed by atoms with Gasteiger partial charge in [-0.1, -0.05) is 0 Å². The minimum absolute atomic E-state index is 0.272. The third kappa shape index (κ3) is 6.85. The predicted octanol–water partition coefficient (Wildman–Crippen LogP) is -1.62. The van der Waals surface area contributed by atoms with Crippen molar-refractivity contribution in [3.8, 4) is 0 Å². The Balaban J connectivity index is 4.10. The Hall–Kier alpha value is -1.16. The van der Waals surface area contributed by atoms with Gasteiger partial charge in [-0.2, -0.15) is 16.8 Å². The van der Waals surface area contributed by atoms with Crippen LogP contribution < -0.4 is 0 Å². The molecule has 0 atom stereocenters. The zero-order valence-corrected chi connectivity index (χ0v) is 8.99. The Kier molecular flexibility index (Phi) is 5.22. The first-order valence-electron chi connectivity index (χ1n) is 3.52. The second kappa shape index (κ2) is 5.66. The van der Waals surface area contributed by atoms with Crippen LogP contribution in [0.4, 0.5) is 0 Å². The van der Waals surface area contributed by atoms with Crippen LogP contribution in [-0.4, -0.2) is 41.3 Å². The summed E-state index contributed by atoms with van der Waals surface area (Å²) in [5, 5.41) is 0. The minimum atomic E-state index is -4.05. The summed E-state index contributed by atoms with van der Waals surface area (Å²) in [4.78, 5) is 19.4. The Morgan fingerprint density at radius 1 is 0.800 bits per heavy atom. The topological polar surface area (TPSA) is 121 Å². The van der Waals surface area contributed by atoms with Crippen molar-refractivity contribution in [1.29, 1.82) is 0 Å². The lowest BCUT2D eigenvalue weighted by atomic mass is 10.6. The van der Waals surface area contributed by atoms with E-state index in [1.165, 1.54) is 0 Å². The molecule has 0 aromatic carbocycles.